The molecular formula is C21H27N3O2S. The maximum atomic E-state index is 12.4. The van der Waals surface area contributed by atoms with Crippen LogP contribution in [0.1, 0.15) is 5.56 Å². The van der Waals surface area contributed by atoms with Crippen molar-refractivity contribution in [2.75, 3.05) is 55.0 Å². The smallest absolute Gasteiger partial charge is 0.321 e. The zero-order valence-electron chi connectivity index (χ0n) is 16.0. The number of thioether (sulfide) groups is 1. The summed E-state index contributed by atoms with van der Waals surface area (Å²) in [4.78, 5) is 16.5. The molecule has 1 aliphatic rings. The van der Waals surface area contributed by atoms with Gasteiger partial charge in [0.2, 0.25) is 0 Å². The number of aryl methyl sites for hydroxylation is 1. The number of para-hydroxylation sites is 1. The second-order valence-electron chi connectivity index (χ2n) is 6.61. The molecule has 2 aromatic carbocycles. The van der Waals surface area contributed by atoms with Crippen molar-refractivity contribution in [2.45, 2.75) is 6.92 Å². The van der Waals surface area contributed by atoms with Crippen molar-refractivity contribution in [1.82, 2.24) is 4.90 Å². The van der Waals surface area contributed by atoms with Gasteiger partial charge in [0.15, 0.2) is 0 Å². The van der Waals surface area contributed by atoms with Crippen molar-refractivity contribution >= 4 is 29.2 Å². The molecule has 1 fully saturated rings. The van der Waals surface area contributed by atoms with E-state index in [1.54, 1.807) is 11.9 Å². The molecule has 3 rings (SSSR count). The molecule has 1 aliphatic heterocycles. The molecule has 2 aromatic rings. The summed E-state index contributed by atoms with van der Waals surface area (Å²) in [5.41, 5.74) is 3.16. The molecule has 0 spiro atoms. The summed E-state index contributed by atoms with van der Waals surface area (Å²) in [7, 11) is 1.78. The van der Waals surface area contributed by atoms with Crippen LogP contribution in [0.2, 0.25) is 0 Å². The number of rotatable bonds is 6. The van der Waals surface area contributed by atoms with Gasteiger partial charge in [-0.1, -0.05) is 18.2 Å². The molecule has 0 unspecified atom stereocenters. The van der Waals surface area contributed by atoms with Gasteiger partial charge in [0.1, 0.15) is 12.4 Å². The molecule has 1 heterocycles. The minimum absolute atomic E-state index is 0.128. The highest BCUT2D eigenvalue weighted by molar-refractivity contribution is 7.99. The molecule has 0 bridgehead atoms. The molecular weight excluding hydrogens is 358 g/mol. The van der Waals surface area contributed by atoms with Gasteiger partial charge < -0.3 is 19.9 Å². The lowest BCUT2D eigenvalue weighted by Crippen LogP contribution is -2.35. The Hall–Kier alpha value is -2.34. The first kappa shape index (κ1) is 19.4. The van der Waals surface area contributed by atoms with Crippen LogP contribution in [0, 0.1) is 6.92 Å². The Labute approximate surface area is 165 Å². The second kappa shape index (κ2) is 9.55. The predicted molar refractivity (Wildman–Crippen MR) is 114 cm³/mol. The zero-order valence-corrected chi connectivity index (χ0v) is 16.8. The summed E-state index contributed by atoms with van der Waals surface area (Å²) < 4.78 is 5.65. The van der Waals surface area contributed by atoms with Gasteiger partial charge in [-0.25, -0.2) is 4.79 Å². The van der Waals surface area contributed by atoms with Crippen LogP contribution in [0.25, 0.3) is 0 Å². The molecule has 2 amide bonds. The standard InChI is InChI=1S/C21H27N3O2S/c1-17-16-18(24-11-14-27-15-12-24)8-9-20(17)22-21(25)23(2)10-13-26-19-6-4-3-5-7-19/h3-9,16H,10-15H2,1-2H3,(H,22,25). The Morgan fingerprint density at radius 3 is 2.63 bits per heavy atom. The number of ether oxygens (including phenoxy) is 1. The highest BCUT2D eigenvalue weighted by Gasteiger charge is 2.14. The van der Waals surface area contributed by atoms with Gasteiger partial charge in [-0.15, -0.1) is 0 Å². The number of nitrogens with zero attached hydrogens (tertiary/aromatic N) is 2. The van der Waals surface area contributed by atoms with E-state index in [4.69, 9.17) is 4.74 Å². The predicted octanol–water partition coefficient (Wildman–Crippen LogP) is 4.09. The van der Waals surface area contributed by atoms with Crippen LogP contribution >= 0.6 is 11.8 Å². The van der Waals surface area contributed by atoms with Crippen LogP contribution in [-0.2, 0) is 0 Å². The first-order valence-corrected chi connectivity index (χ1v) is 10.4. The number of carbonyl (C=O) groups is 1. The normalized spacial score (nSPS) is 13.9. The van der Waals surface area contributed by atoms with Crippen molar-refractivity contribution in [3.63, 3.8) is 0 Å². The summed E-state index contributed by atoms with van der Waals surface area (Å²) in [5.74, 6) is 3.16. The van der Waals surface area contributed by atoms with Crippen molar-refractivity contribution in [3.05, 3.63) is 54.1 Å². The van der Waals surface area contributed by atoms with Crippen LogP contribution < -0.4 is 15.0 Å². The molecule has 1 N–H and O–H groups in total. The summed E-state index contributed by atoms with van der Waals surface area (Å²) in [6.45, 7) is 5.18. The number of hydrogen-bond acceptors (Lipinski definition) is 4. The quantitative estimate of drug-likeness (QED) is 0.813. The van der Waals surface area contributed by atoms with Gasteiger partial charge in [-0.05, 0) is 42.8 Å². The maximum absolute atomic E-state index is 12.4. The summed E-state index contributed by atoms with van der Waals surface area (Å²) in [6.07, 6.45) is 0. The molecule has 0 aromatic heterocycles. The van der Waals surface area contributed by atoms with Crippen molar-refractivity contribution in [1.29, 1.82) is 0 Å². The van der Waals surface area contributed by atoms with Crippen molar-refractivity contribution in [3.8, 4) is 5.75 Å². The average molecular weight is 386 g/mol. The van der Waals surface area contributed by atoms with Crippen LogP contribution in [0.5, 0.6) is 5.75 Å². The van der Waals surface area contributed by atoms with E-state index < -0.39 is 0 Å². The third-order valence-electron chi connectivity index (χ3n) is 4.61. The van der Waals surface area contributed by atoms with E-state index in [1.807, 2.05) is 55.1 Å². The van der Waals surface area contributed by atoms with Crippen LogP contribution in [-0.4, -0.2) is 55.7 Å². The largest absolute Gasteiger partial charge is 0.492 e. The maximum Gasteiger partial charge on any atom is 0.321 e. The highest BCUT2D eigenvalue weighted by atomic mass is 32.2. The highest BCUT2D eigenvalue weighted by Crippen LogP contribution is 2.25. The molecule has 6 heteroatoms. The Bertz CT molecular complexity index is 748. The Kier molecular flexibility index (Phi) is 6.87. The van der Waals surface area contributed by atoms with Gasteiger partial charge in [-0.3, -0.25) is 0 Å². The van der Waals surface area contributed by atoms with Crippen LogP contribution in [0.4, 0.5) is 16.2 Å². The Balaban J connectivity index is 1.50. The lowest BCUT2D eigenvalue weighted by atomic mass is 10.1. The lowest BCUT2D eigenvalue weighted by molar-refractivity contribution is 0.207. The van der Waals surface area contributed by atoms with Crippen molar-refractivity contribution < 1.29 is 9.53 Å². The van der Waals surface area contributed by atoms with Gasteiger partial charge >= 0.3 is 6.03 Å². The number of urea groups is 1. The molecule has 0 aliphatic carbocycles. The topological polar surface area (TPSA) is 44.8 Å². The molecule has 0 radical (unpaired) electrons. The number of carbonyl (C=O) groups excluding carboxylic acids is 1. The minimum Gasteiger partial charge on any atom is -0.492 e. The van der Waals surface area contributed by atoms with Gasteiger partial charge in [0, 0.05) is 43.0 Å². The number of benzene rings is 2. The molecule has 144 valence electrons. The van der Waals surface area contributed by atoms with E-state index in [0.29, 0.717) is 13.2 Å². The van der Waals surface area contributed by atoms with Gasteiger partial charge in [0.25, 0.3) is 0 Å². The lowest BCUT2D eigenvalue weighted by Gasteiger charge is -2.29. The fraction of sp³-hybridized carbons (Fsp3) is 0.381. The van der Waals surface area contributed by atoms with Gasteiger partial charge in [0.05, 0.1) is 6.54 Å². The zero-order chi connectivity index (χ0) is 19.1. The monoisotopic (exact) mass is 385 g/mol. The van der Waals surface area contributed by atoms with E-state index in [0.717, 1.165) is 30.1 Å². The van der Waals surface area contributed by atoms with E-state index in [2.05, 4.69) is 22.3 Å². The van der Waals surface area contributed by atoms with Crippen LogP contribution in [0.15, 0.2) is 48.5 Å². The third-order valence-corrected chi connectivity index (χ3v) is 5.56. The number of hydrogen-bond donors (Lipinski definition) is 1. The number of likely N-dealkylation sites (N-methyl/N-ethyl adjacent to an activating group) is 1. The minimum atomic E-state index is -0.128. The molecule has 27 heavy (non-hydrogen) atoms. The Morgan fingerprint density at radius 2 is 1.93 bits per heavy atom. The first-order chi connectivity index (χ1) is 13.1. The Morgan fingerprint density at radius 1 is 1.19 bits per heavy atom. The fourth-order valence-electron chi connectivity index (χ4n) is 2.94. The van der Waals surface area contributed by atoms with Crippen LogP contribution in [0.3, 0.4) is 0 Å². The van der Waals surface area contributed by atoms with E-state index in [-0.39, 0.29) is 6.03 Å². The number of anilines is 2. The summed E-state index contributed by atoms with van der Waals surface area (Å²) in [5, 5.41) is 3.00. The average Bonchev–Trinajstić information content (AvgIpc) is 2.71. The van der Waals surface area contributed by atoms with E-state index in [1.165, 1.54) is 17.2 Å². The molecule has 1 saturated heterocycles. The number of amides is 2. The van der Waals surface area contributed by atoms with E-state index >= 15 is 0 Å². The third kappa shape index (κ3) is 5.57. The van der Waals surface area contributed by atoms with Crippen molar-refractivity contribution in [2.24, 2.45) is 0 Å². The van der Waals surface area contributed by atoms with E-state index in [9.17, 15) is 4.79 Å². The van der Waals surface area contributed by atoms with Gasteiger partial charge in [-0.2, -0.15) is 11.8 Å². The number of nitrogens with one attached hydrogen (secondary N) is 1. The molecule has 5 nitrogen and oxygen atoms in total. The second-order valence-corrected chi connectivity index (χ2v) is 7.84. The molecule has 0 atom stereocenters. The fourth-order valence-corrected chi connectivity index (χ4v) is 3.84. The first-order valence-electron chi connectivity index (χ1n) is 9.27. The summed E-state index contributed by atoms with van der Waals surface area (Å²) >= 11 is 2.00. The summed E-state index contributed by atoms with van der Waals surface area (Å²) in [6, 6.07) is 15.8. The molecule has 0 saturated carbocycles. The SMILES string of the molecule is Cc1cc(N2CCSCC2)ccc1NC(=O)N(C)CCOc1ccccc1.